The number of carboxylic acid groups (broad SMARTS) is 1. The van der Waals surface area contributed by atoms with Gasteiger partial charge in [0.05, 0.1) is 11.0 Å². The Morgan fingerprint density at radius 2 is 1.70 bits per heavy atom. The third kappa shape index (κ3) is 2.91. The second-order valence-electron chi connectivity index (χ2n) is 12.2. The van der Waals surface area contributed by atoms with E-state index in [0.717, 1.165) is 56.9 Å². The highest BCUT2D eigenvalue weighted by molar-refractivity contribution is 5.96. The minimum Gasteiger partial charge on any atom is -0.478 e. The number of fused-ring (bicyclic) bond motifs is 5. The van der Waals surface area contributed by atoms with Crippen LogP contribution in [0.1, 0.15) is 95.0 Å². The Labute approximate surface area is 197 Å². The van der Waals surface area contributed by atoms with Gasteiger partial charge in [-0.2, -0.15) is 0 Å². The predicted molar refractivity (Wildman–Crippen MR) is 127 cm³/mol. The Kier molecular flexibility index (Phi) is 5.19. The number of aromatic carboxylic acids is 1. The zero-order valence-corrected chi connectivity index (χ0v) is 20.5. The SMILES string of the molecule is CC(=O)[C@@]1(c2ccccc2C(=O)O)CC[C@H]2[C@@H]3CC[C@H]4CC(=O)C(C)C[C@]4(C)[C@H]3CC[C@@]21C. The van der Waals surface area contributed by atoms with Crippen molar-refractivity contribution in [3.63, 3.8) is 0 Å². The van der Waals surface area contributed by atoms with Crippen molar-refractivity contribution >= 4 is 17.5 Å². The van der Waals surface area contributed by atoms with Gasteiger partial charge in [-0.1, -0.05) is 39.0 Å². The van der Waals surface area contributed by atoms with Gasteiger partial charge in [0.15, 0.2) is 0 Å². The number of hydrogen-bond acceptors (Lipinski definition) is 3. The molecule has 5 rings (SSSR count). The molecule has 0 bridgehead atoms. The van der Waals surface area contributed by atoms with E-state index >= 15 is 0 Å². The molecule has 0 heterocycles. The standard InChI is InChI=1S/C29H38O4/c1-17-16-27(3)19(15-25(17)31)9-10-20-22(27)11-13-28(4)23(20)12-14-29(28,18(2)30)24-8-6-5-7-21(24)26(32)33/h5-8,17,19-20,22-23H,9-16H2,1-4H3,(H,32,33)/t17?,19-,20+,22-,23-,27-,28-,29+/m0/s1. The molecule has 1 unspecified atom stereocenters. The Morgan fingerprint density at radius 3 is 2.39 bits per heavy atom. The number of carbonyl (C=O) groups excluding carboxylic acids is 2. The van der Waals surface area contributed by atoms with Crippen molar-refractivity contribution in [2.75, 3.05) is 0 Å². The van der Waals surface area contributed by atoms with E-state index in [2.05, 4.69) is 20.8 Å². The van der Waals surface area contributed by atoms with Gasteiger partial charge in [0.1, 0.15) is 11.6 Å². The highest BCUT2D eigenvalue weighted by Gasteiger charge is 2.67. The quantitative estimate of drug-likeness (QED) is 0.607. The van der Waals surface area contributed by atoms with Crippen molar-refractivity contribution in [1.29, 1.82) is 0 Å². The summed E-state index contributed by atoms with van der Waals surface area (Å²) in [6.45, 7) is 8.54. The molecule has 0 radical (unpaired) electrons. The largest absolute Gasteiger partial charge is 0.478 e. The molecule has 0 spiro atoms. The molecule has 1 N–H and O–H groups in total. The lowest BCUT2D eigenvalue weighted by Gasteiger charge is -2.62. The summed E-state index contributed by atoms with van der Waals surface area (Å²) in [4.78, 5) is 38.2. The predicted octanol–water partition coefficient (Wildman–Crippen LogP) is 6.07. The number of carbonyl (C=O) groups is 3. The topological polar surface area (TPSA) is 71.4 Å². The van der Waals surface area contributed by atoms with E-state index in [1.54, 1.807) is 19.1 Å². The van der Waals surface area contributed by atoms with E-state index in [1.165, 1.54) is 0 Å². The normalized spacial score (nSPS) is 44.5. The molecule has 0 saturated heterocycles. The fourth-order valence-electron chi connectivity index (χ4n) is 9.70. The molecule has 178 valence electrons. The van der Waals surface area contributed by atoms with Gasteiger partial charge >= 0.3 is 5.97 Å². The number of benzene rings is 1. The maximum Gasteiger partial charge on any atom is 0.335 e. The van der Waals surface area contributed by atoms with Crippen LogP contribution in [0.25, 0.3) is 0 Å². The van der Waals surface area contributed by atoms with Crippen LogP contribution in [0, 0.1) is 40.4 Å². The molecule has 1 aromatic rings. The van der Waals surface area contributed by atoms with Crippen LogP contribution in [0.2, 0.25) is 0 Å². The number of hydrogen-bond donors (Lipinski definition) is 1. The maximum atomic E-state index is 13.5. The van der Waals surface area contributed by atoms with Crippen molar-refractivity contribution in [3.05, 3.63) is 35.4 Å². The lowest BCUT2D eigenvalue weighted by molar-refractivity contribution is -0.150. The van der Waals surface area contributed by atoms with Crippen LogP contribution >= 0.6 is 0 Å². The van der Waals surface area contributed by atoms with Gasteiger partial charge in [0, 0.05) is 12.3 Å². The first kappa shape index (κ1) is 22.8. The highest BCUT2D eigenvalue weighted by Crippen LogP contribution is 2.71. The summed E-state index contributed by atoms with van der Waals surface area (Å²) in [6.07, 6.45) is 7.76. The Balaban J connectivity index is 1.57. The van der Waals surface area contributed by atoms with Gasteiger partial charge in [-0.3, -0.25) is 9.59 Å². The second kappa shape index (κ2) is 7.52. The summed E-state index contributed by atoms with van der Waals surface area (Å²) in [5.41, 5.74) is 0.255. The van der Waals surface area contributed by atoms with Crippen LogP contribution in [0.15, 0.2) is 24.3 Å². The lowest BCUT2D eigenvalue weighted by Crippen LogP contribution is -2.58. The molecule has 1 aromatic carbocycles. The molecular weight excluding hydrogens is 412 g/mol. The minimum absolute atomic E-state index is 0.122. The zero-order chi connectivity index (χ0) is 23.8. The highest BCUT2D eigenvalue weighted by atomic mass is 16.4. The summed E-state index contributed by atoms with van der Waals surface area (Å²) >= 11 is 0. The average Bonchev–Trinajstić information content (AvgIpc) is 3.09. The number of rotatable bonds is 3. The molecule has 33 heavy (non-hydrogen) atoms. The third-order valence-corrected chi connectivity index (χ3v) is 11.2. The van der Waals surface area contributed by atoms with E-state index in [9.17, 15) is 19.5 Å². The lowest BCUT2D eigenvalue weighted by atomic mass is 9.42. The summed E-state index contributed by atoms with van der Waals surface area (Å²) < 4.78 is 0. The van der Waals surface area contributed by atoms with E-state index in [0.29, 0.717) is 29.5 Å². The fourth-order valence-corrected chi connectivity index (χ4v) is 9.70. The van der Waals surface area contributed by atoms with Gasteiger partial charge in [0.2, 0.25) is 0 Å². The summed E-state index contributed by atoms with van der Waals surface area (Å²) in [5, 5.41) is 9.96. The van der Waals surface area contributed by atoms with E-state index in [4.69, 9.17) is 0 Å². The first-order chi connectivity index (χ1) is 15.6. The third-order valence-electron chi connectivity index (χ3n) is 11.2. The summed E-state index contributed by atoms with van der Waals surface area (Å²) in [6, 6.07) is 7.22. The van der Waals surface area contributed by atoms with Crippen molar-refractivity contribution in [1.82, 2.24) is 0 Å². The first-order valence-electron chi connectivity index (χ1n) is 12.9. The zero-order valence-electron chi connectivity index (χ0n) is 20.5. The molecule has 4 nitrogen and oxygen atoms in total. The number of carboxylic acids is 1. The Bertz CT molecular complexity index is 1010. The van der Waals surface area contributed by atoms with Crippen LogP contribution in [-0.2, 0) is 15.0 Å². The van der Waals surface area contributed by atoms with Crippen molar-refractivity contribution in [3.8, 4) is 0 Å². The molecule has 4 aliphatic carbocycles. The molecule has 4 aliphatic rings. The van der Waals surface area contributed by atoms with Crippen molar-refractivity contribution in [2.45, 2.75) is 84.5 Å². The average molecular weight is 451 g/mol. The van der Waals surface area contributed by atoms with Gasteiger partial charge < -0.3 is 5.11 Å². The molecule has 0 aromatic heterocycles. The molecule has 0 amide bonds. The van der Waals surface area contributed by atoms with Crippen LogP contribution in [-0.4, -0.2) is 22.6 Å². The molecule has 4 fully saturated rings. The van der Waals surface area contributed by atoms with Crippen LogP contribution in [0.3, 0.4) is 0 Å². The van der Waals surface area contributed by atoms with E-state index in [-0.39, 0.29) is 28.1 Å². The first-order valence-corrected chi connectivity index (χ1v) is 12.9. The minimum atomic E-state index is -0.944. The Hall–Kier alpha value is -1.97. The summed E-state index contributed by atoms with van der Waals surface area (Å²) in [5.74, 6) is 1.86. The number of Topliss-reactive ketones (excluding diaryl/α,β-unsaturated/α-hetero) is 2. The van der Waals surface area contributed by atoms with E-state index < -0.39 is 11.4 Å². The van der Waals surface area contributed by atoms with Crippen LogP contribution in [0.4, 0.5) is 0 Å². The fraction of sp³-hybridized carbons (Fsp3) is 0.690. The molecule has 4 heteroatoms. The van der Waals surface area contributed by atoms with Crippen molar-refractivity contribution in [2.24, 2.45) is 40.4 Å². The van der Waals surface area contributed by atoms with Gasteiger partial charge in [0.25, 0.3) is 0 Å². The van der Waals surface area contributed by atoms with Crippen LogP contribution < -0.4 is 0 Å². The monoisotopic (exact) mass is 450 g/mol. The van der Waals surface area contributed by atoms with Gasteiger partial charge in [-0.25, -0.2) is 4.79 Å². The molecule has 0 aliphatic heterocycles. The Morgan fingerprint density at radius 1 is 1.00 bits per heavy atom. The van der Waals surface area contributed by atoms with Crippen molar-refractivity contribution < 1.29 is 19.5 Å². The molecular formula is C29H38O4. The van der Waals surface area contributed by atoms with Gasteiger partial charge in [-0.05, 0) is 98.0 Å². The molecule has 4 saturated carbocycles. The van der Waals surface area contributed by atoms with Gasteiger partial charge in [-0.15, -0.1) is 0 Å². The smallest absolute Gasteiger partial charge is 0.335 e. The number of ketones is 2. The maximum absolute atomic E-state index is 13.5. The van der Waals surface area contributed by atoms with E-state index in [1.807, 2.05) is 12.1 Å². The van der Waals surface area contributed by atoms with Crippen LogP contribution in [0.5, 0.6) is 0 Å². The summed E-state index contributed by atoms with van der Waals surface area (Å²) in [7, 11) is 0. The molecule has 8 atom stereocenters. The second-order valence-corrected chi connectivity index (χ2v) is 12.2.